The van der Waals surface area contributed by atoms with E-state index in [2.05, 4.69) is 18.7 Å². The second kappa shape index (κ2) is 11.9. The Morgan fingerprint density at radius 2 is 1.53 bits per heavy atom. The van der Waals surface area contributed by atoms with Crippen molar-refractivity contribution in [2.24, 2.45) is 0 Å². The zero-order valence-corrected chi connectivity index (χ0v) is 21.4. The monoisotopic (exact) mass is 512 g/mol. The fourth-order valence-corrected chi connectivity index (χ4v) is 4.83. The van der Waals surface area contributed by atoms with Crippen LogP contribution in [0.1, 0.15) is 51.2 Å². The number of aromatic nitrogens is 1. The Morgan fingerprint density at radius 1 is 0.875 bits per heavy atom. The Balaban J connectivity index is 2.08. The maximum atomic E-state index is 11.3. The molecule has 0 saturated carbocycles. The number of rotatable bonds is 10. The first-order valence-electron chi connectivity index (χ1n) is 11.0. The van der Waals surface area contributed by atoms with Crippen LogP contribution in [0.3, 0.4) is 0 Å². The van der Waals surface area contributed by atoms with E-state index in [4.69, 9.17) is 51.4 Å². The molecule has 1 unspecified atom stereocenters. The van der Waals surface area contributed by atoms with Crippen LogP contribution in [0.4, 0.5) is 0 Å². The Hall–Kier alpha value is -1.07. The molecule has 1 heterocycles. The molecule has 1 aromatic heterocycles. The minimum Gasteiger partial charge on any atom is -0.387 e. The van der Waals surface area contributed by atoms with Crippen LogP contribution in [-0.2, 0) is 0 Å². The van der Waals surface area contributed by atoms with E-state index in [1.807, 2.05) is 18.2 Å². The Labute approximate surface area is 210 Å². The predicted molar refractivity (Wildman–Crippen MR) is 138 cm³/mol. The van der Waals surface area contributed by atoms with Crippen LogP contribution >= 0.6 is 46.4 Å². The Kier molecular flexibility index (Phi) is 9.48. The summed E-state index contributed by atoms with van der Waals surface area (Å²) in [5.41, 5.74) is 2.68. The summed E-state index contributed by atoms with van der Waals surface area (Å²) in [5, 5.41) is 14.1. The topological polar surface area (TPSA) is 36.4 Å². The van der Waals surface area contributed by atoms with Gasteiger partial charge in [-0.1, -0.05) is 73.1 Å². The second-order valence-electron chi connectivity index (χ2n) is 8.03. The lowest BCUT2D eigenvalue weighted by atomic mass is 9.99. The molecule has 7 heteroatoms. The maximum Gasteiger partial charge on any atom is 0.0924 e. The lowest BCUT2D eigenvalue weighted by Gasteiger charge is -2.26. The van der Waals surface area contributed by atoms with Crippen molar-refractivity contribution in [3.63, 3.8) is 0 Å². The number of unbranched alkanes of at least 4 members (excludes halogenated alkanes) is 2. The van der Waals surface area contributed by atoms with Crippen LogP contribution in [0.15, 0.2) is 36.4 Å². The third-order valence-corrected chi connectivity index (χ3v) is 6.57. The highest BCUT2D eigenvalue weighted by Crippen LogP contribution is 2.37. The van der Waals surface area contributed by atoms with Gasteiger partial charge in [-0.3, -0.25) is 0 Å². The molecule has 3 nitrogen and oxygen atoms in total. The van der Waals surface area contributed by atoms with Gasteiger partial charge in [-0.05, 0) is 67.9 Å². The van der Waals surface area contributed by atoms with Crippen LogP contribution in [-0.4, -0.2) is 34.6 Å². The molecule has 32 heavy (non-hydrogen) atoms. The number of aliphatic hydroxyl groups excluding tert-OH is 1. The third-order valence-electron chi connectivity index (χ3n) is 5.52. The van der Waals surface area contributed by atoms with E-state index < -0.39 is 6.10 Å². The molecular formula is C25H28Cl4N2O. The van der Waals surface area contributed by atoms with E-state index in [0.29, 0.717) is 37.8 Å². The number of hydrogen-bond donors (Lipinski definition) is 1. The second-order valence-corrected chi connectivity index (χ2v) is 9.72. The van der Waals surface area contributed by atoms with Crippen molar-refractivity contribution in [3.05, 3.63) is 62.1 Å². The molecule has 0 aliphatic heterocycles. The summed E-state index contributed by atoms with van der Waals surface area (Å²) in [6.07, 6.45) is 3.68. The van der Waals surface area contributed by atoms with Gasteiger partial charge in [-0.15, -0.1) is 0 Å². The fraction of sp³-hybridized carbons (Fsp3) is 0.400. The summed E-state index contributed by atoms with van der Waals surface area (Å²) in [4.78, 5) is 7.08. The van der Waals surface area contributed by atoms with E-state index in [9.17, 15) is 5.11 Å². The van der Waals surface area contributed by atoms with E-state index >= 15 is 0 Å². The number of halogens is 4. The Bertz CT molecular complexity index is 1070. The summed E-state index contributed by atoms with van der Waals surface area (Å²) in [7, 11) is 0. The maximum absolute atomic E-state index is 11.3. The largest absolute Gasteiger partial charge is 0.387 e. The molecule has 0 spiro atoms. The first kappa shape index (κ1) is 25.6. The van der Waals surface area contributed by atoms with Gasteiger partial charge >= 0.3 is 0 Å². The molecule has 0 saturated heterocycles. The van der Waals surface area contributed by atoms with Crippen LogP contribution in [0.2, 0.25) is 20.1 Å². The lowest BCUT2D eigenvalue weighted by Crippen LogP contribution is -2.31. The van der Waals surface area contributed by atoms with Gasteiger partial charge in [0.1, 0.15) is 0 Å². The molecule has 3 aromatic rings. The van der Waals surface area contributed by atoms with E-state index in [-0.39, 0.29) is 0 Å². The molecule has 172 valence electrons. The molecule has 2 aromatic carbocycles. The lowest BCUT2D eigenvalue weighted by molar-refractivity contribution is 0.112. The predicted octanol–water partition coefficient (Wildman–Crippen LogP) is 8.45. The Morgan fingerprint density at radius 3 is 2.16 bits per heavy atom. The normalized spacial score (nSPS) is 12.6. The van der Waals surface area contributed by atoms with Crippen molar-refractivity contribution in [3.8, 4) is 11.3 Å². The van der Waals surface area contributed by atoms with Crippen molar-refractivity contribution in [1.29, 1.82) is 0 Å². The molecule has 0 aliphatic rings. The van der Waals surface area contributed by atoms with Crippen molar-refractivity contribution in [2.45, 2.75) is 45.6 Å². The molecular weight excluding hydrogens is 486 g/mol. The summed E-state index contributed by atoms with van der Waals surface area (Å²) < 4.78 is 0. The molecule has 0 amide bonds. The average molecular weight is 514 g/mol. The number of fused-ring (bicyclic) bond motifs is 1. The molecule has 0 fully saturated rings. The van der Waals surface area contributed by atoms with Crippen molar-refractivity contribution in [2.75, 3.05) is 19.6 Å². The smallest absolute Gasteiger partial charge is 0.0924 e. The quantitative estimate of drug-likeness (QED) is 0.295. The molecule has 0 bridgehead atoms. The van der Waals surface area contributed by atoms with E-state index in [1.165, 1.54) is 0 Å². The summed E-state index contributed by atoms with van der Waals surface area (Å²) in [6, 6.07) is 10.6. The minimum absolute atomic E-state index is 0.432. The van der Waals surface area contributed by atoms with Gasteiger partial charge in [0.15, 0.2) is 0 Å². The highest BCUT2D eigenvalue weighted by atomic mass is 35.5. The van der Waals surface area contributed by atoms with Gasteiger partial charge in [0.05, 0.1) is 27.4 Å². The molecule has 1 atom stereocenters. The summed E-state index contributed by atoms with van der Waals surface area (Å²) in [6.45, 7) is 6.78. The highest BCUT2D eigenvalue weighted by Gasteiger charge is 2.20. The van der Waals surface area contributed by atoms with Crippen LogP contribution in [0.5, 0.6) is 0 Å². The van der Waals surface area contributed by atoms with Crippen molar-refractivity contribution in [1.82, 2.24) is 9.88 Å². The number of nitrogens with zero attached hydrogens (tertiary/aromatic N) is 2. The van der Waals surface area contributed by atoms with Gasteiger partial charge in [0.2, 0.25) is 0 Å². The van der Waals surface area contributed by atoms with E-state index in [1.54, 1.807) is 18.2 Å². The van der Waals surface area contributed by atoms with Crippen molar-refractivity contribution < 1.29 is 5.11 Å². The zero-order chi connectivity index (χ0) is 23.3. The average Bonchev–Trinajstić information content (AvgIpc) is 2.75. The van der Waals surface area contributed by atoms with Gasteiger partial charge in [-0.2, -0.15) is 0 Å². The molecule has 0 aliphatic carbocycles. The number of benzene rings is 2. The van der Waals surface area contributed by atoms with Crippen LogP contribution in [0.25, 0.3) is 22.2 Å². The SMILES string of the molecule is CCCCN(CCCC)CC(O)c1cc(-c2ccc(Cl)cc2Cl)nc2c(Cl)cc(Cl)cc12. The summed E-state index contributed by atoms with van der Waals surface area (Å²) in [5.74, 6) is 0. The highest BCUT2D eigenvalue weighted by molar-refractivity contribution is 6.38. The van der Waals surface area contributed by atoms with Gasteiger partial charge < -0.3 is 10.0 Å². The molecule has 0 radical (unpaired) electrons. The first-order chi connectivity index (χ1) is 15.3. The first-order valence-corrected chi connectivity index (χ1v) is 12.5. The molecule has 1 N–H and O–H groups in total. The summed E-state index contributed by atoms with van der Waals surface area (Å²) >= 11 is 25.4. The number of aliphatic hydroxyl groups is 1. The van der Waals surface area contributed by atoms with E-state index in [0.717, 1.165) is 55.3 Å². The molecule has 3 rings (SSSR count). The van der Waals surface area contributed by atoms with Gasteiger partial charge in [-0.25, -0.2) is 4.98 Å². The minimum atomic E-state index is -0.728. The zero-order valence-electron chi connectivity index (χ0n) is 18.3. The van der Waals surface area contributed by atoms with Gasteiger partial charge in [0, 0.05) is 27.5 Å². The van der Waals surface area contributed by atoms with Gasteiger partial charge in [0.25, 0.3) is 0 Å². The van der Waals surface area contributed by atoms with Crippen LogP contribution < -0.4 is 0 Å². The number of pyridine rings is 1. The van der Waals surface area contributed by atoms with Crippen molar-refractivity contribution >= 4 is 57.3 Å². The third kappa shape index (κ3) is 6.28. The fourth-order valence-electron chi connectivity index (χ4n) is 3.79. The standard InChI is InChI=1S/C25H28Cl4N2O/c1-3-5-9-31(10-6-4-2)15-24(32)19-14-23(18-8-7-16(26)12-21(18)28)30-25-20(19)11-17(27)13-22(25)29/h7-8,11-14,24,32H,3-6,9-10,15H2,1-2H3. The van der Waals surface area contributed by atoms with Crippen LogP contribution in [0, 0.1) is 0 Å². The number of hydrogen-bond acceptors (Lipinski definition) is 3.